The van der Waals surface area contributed by atoms with Gasteiger partial charge in [-0.1, -0.05) is 61.7 Å². The minimum Gasteiger partial charge on any atom is -0.488 e. The number of fused-ring (bicyclic) bond motifs is 1. The predicted octanol–water partition coefficient (Wildman–Crippen LogP) is 6.00. The smallest absolute Gasteiger partial charge is 0.282 e. The van der Waals surface area contributed by atoms with Crippen LogP contribution in [0.15, 0.2) is 79.5 Å². The maximum atomic E-state index is 13.0. The molecule has 0 aliphatic heterocycles. The summed E-state index contributed by atoms with van der Waals surface area (Å²) in [4.78, 5) is 17.5. The lowest BCUT2D eigenvalue weighted by Crippen LogP contribution is -2.20. The Labute approximate surface area is 196 Å². The molecule has 7 heteroatoms. The quantitative estimate of drug-likeness (QED) is 0.292. The van der Waals surface area contributed by atoms with E-state index in [1.54, 1.807) is 19.2 Å². The summed E-state index contributed by atoms with van der Waals surface area (Å²) in [6.45, 7) is 4.25. The highest BCUT2D eigenvalue weighted by Crippen LogP contribution is 2.23. The van der Waals surface area contributed by atoms with Crippen molar-refractivity contribution in [3.63, 3.8) is 0 Å². The normalized spacial score (nSPS) is 11.4. The van der Waals surface area contributed by atoms with Crippen LogP contribution in [0.3, 0.4) is 0 Å². The third-order valence-corrected chi connectivity index (χ3v) is 5.76. The van der Waals surface area contributed by atoms with E-state index in [-0.39, 0.29) is 5.56 Å². The second kappa shape index (κ2) is 9.16. The number of ether oxygens (including phenoxy) is 1. The standard InChI is InChI=1S/C24H19Br2N3O2/c1-15-3-5-17(6-4-15)14-31-23-10-8-19(25)11-18(23)13-27-29-16(2)28-22-9-7-20(26)12-21(22)24(29)30/h3-13H,14H2,1-2H3. The highest BCUT2D eigenvalue weighted by Gasteiger charge is 2.09. The van der Waals surface area contributed by atoms with Crippen LogP contribution in [0.1, 0.15) is 22.5 Å². The van der Waals surface area contributed by atoms with E-state index in [9.17, 15) is 4.79 Å². The summed E-state index contributed by atoms with van der Waals surface area (Å²) in [6, 6.07) is 19.3. The Bertz CT molecular complexity index is 1350. The van der Waals surface area contributed by atoms with Crippen molar-refractivity contribution in [3.8, 4) is 5.75 Å². The molecule has 0 N–H and O–H groups in total. The fraction of sp³-hybridized carbons (Fsp3) is 0.125. The van der Waals surface area contributed by atoms with Crippen LogP contribution in [0, 0.1) is 13.8 Å². The molecule has 0 radical (unpaired) electrons. The van der Waals surface area contributed by atoms with E-state index in [1.165, 1.54) is 10.2 Å². The van der Waals surface area contributed by atoms with E-state index in [2.05, 4.69) is 61.0 Å². The highest BCUT2D eigenvalue weighted by molar-refractivity contribution is 9.10. The summed E-state index contributed by atoms with van der Waals surface area (Å²) < 4.78 is 9.04. The molecule has 0 aliphatic carbocycles. The third kappa shape index (κ3) is 4.94. The summed E-state index contributed by atoms with van der Waals surface area (Å²) in [5.41, 5.74) is 3.45. The van der Waals surface area contributed by atoms with Gasteiger partial charge in [-0.05, 0) is 55.8 Å². The largest absolute Gasteiger partial charge is 0.488 e. The molecule has 0 saturated carbocycles. The Morgan fingerprint density at radius 2 is 1.71 bits per heavy atom. The van der Waals surface area contributed by atoms with Crippen LogP contribution in [0.2, 0.25) is 0 Å². The zero-order valence-corrected chi connectivity index (χ0v) is 20.1. The van der Waals surface area contributed by atoms with Gasteiger partial charge in [0.1, 0.15) is 18.2 Å². The van der Waals surface area contributed by atoms with E-state index >= 15 is 0 Å². The number of hydrogen-bond donors (Lipinski definition) is 0. The van der Waals surface area contributed by atoms with Crippen LogP contribution in [0.25, 0.3) is 10.9 Å². The molecule has 0 atom stereocenters. The summed E-state index contributed by atoms with van der Waals surface area (Å²) in [7, 11) is 0. The first-order valence-corrected chi connectivity index (χ1v) is 11.2. The van der Waals surface area contributed by atoms with Crippen LogP contribution < -0.4 is 10.3 Å². The van der Waals surface area contributed by atoms with Crippen molar-refractivity contribution in [2.45, 2.75) is 20.5 Å². The van der Waals surface area contributed by atoms with E-state index in [4.69, 9.17) is 4.74 Å². The van der Waals surface area contributed by atoms with Gasteiger partial charge >= 0.3 is 0 Å². The molecular weight excluding hydrogens is 522 g/mol. The average molecular weight is 541 g/mol. The Balaban J connectivity index is 1.67. The number of benzene rings is 3. The lowest BCUT2D eigenvalue weighted by molar-refractivity contribution is 0.305. The van der Waals surface area contributed by atoms with Crippen LogP contribution in [0.4, 0.5) is 0 Å². The van der Waals surface area contributed by atoms with Crippen LogP contribution >= 0.6 is 31.9 Å². The Hall–Kier alpha value is -2.77. The molecule has 156 valence electrons. The number of aromatic nitrogens is 2. The first-order chi connectivity index (χ1) is 14.9. The maximum Gasteiger partial charge on any atom is 0.282 e. The van der Waals surface area contributed by atoms with E-state index < -0.39 is 0 Å². The molecule has 0 saturated heterocycles. The summed E-state index contributed by atoms with van der Waals surface area (Å²) in [5.74, 6) is 1.18. The summed E-state index contributed by atoms with van der Waals surface area (Å²) in [6.07, 6.45) is 1.62. The van der Waals surface area contributed by atoms with Gasteiger partial charge in [-0.3, -0.25) is 4.79 Å². The molecule has 0 fully saturated rings. The first kappa shape index (κ1) is 21.5. The van der Waals surface area contributed by atoms with Gasteiger partial charge in [0, 0.05) is 14.5 Å². The fourth-order valence-electron chi connectivity index (χ4n) is 3.11. The Morgan fingerprint density at radius 3 is 2.48 bits per heavy atom. The van der Waals surface area contributed by atoms with Crippen LogP contribution in [-0.4, -0.2) is 15.9 Å². The second-order valence-electron chi connectivity index (χ2n) is 7.14. The van der Waals surface area contributed by atoms with Crippen LogP contribution in [0.5, 0.6) is 5.75 Å². The molecule has 0 aliphatic rings. The highest BCUT2D eigenvalue weighted by atomic mass is 79.9. The van der Waals surface area contributed by atoms with Gasteiger partial charge in [-0.25, -0.2) is 4.98 Å². The minimum atomic E-state index is -0.225. The second-order valence-corrected chi connectivity index (χ2v) is 8.97. The molecule has 4 aromatic rings. The molecule has 0 spiro atoms. The molecule has 0 unspecified atom stereocenters. The van der Waals surface area contributed by atoms with E-state index in [0.29, 0.717) is 29.1 Å². The van der Waals surface area contributed by atoms with Gasteiger partial charge in [-0.2, -0.15) is 9.78 Å². The summed E-state index contributed by atoms with van der Waals surface area (Å²) in [5, 5.41) is 4.93. The third-order valence-electron chi connectivity index (χ3n) is 4.77. The SMILES string of the molecule is Cc1ccc(COc2ccc(Br)cc2C=Nn2c(C)nc3ccc(Br)cc3c2=O)cc1. The predicted molar refractivity (Wildman–Crippen MR) is 131 cm³/mol. The van der Waals surface area contributed by atoms with Crippen molar-refractivity contribution in [1.82, 2.24) is 9.66 Å². The zero-order chi connectivity index (χ0) is 22.0. The van der Waals surface area contributed by atoms with Gasteiger partial charge in [0.25, 0.3) is 5.56 Å². The topological polar surface area (TPSA) is 56.5 Å². The van der Waals surface area contributed by atoms with Crippen molar-refractivity contribution in [1.29, 1.82) is 0 Å². The first-order valence-electron chi connectivity index (χ1n) is 9.62. The number of nitrogens with zero attached hydrogens (tertiary/aromatic N) is 3. The van der Waals surface area contributed by atoms with Crippen molar-refractivity contribution in [2.75, 3.05) is 0 Å². The minimum absolute atomic E-state index is 0.225. The van der Waals surface area contributed by atoms with Crippen molar-refractivity contribution >= 4 is 49.0 Å². The molecule has 0 amide bonds. The average Bonchev–Trinajstić information content (AvgIpc) is 2.75. The van der Waals surface area contributed by atoms with Crippen molar-refractivity contribution in [2.24, 2.45) is 5.10 Å². The number of halogens is 2. The molecule has 1 aromatic heterocycles. The monoisotopic (exact) mass is 539 g/mol. The maximum absolute atomic E-state index is 13.0. The molecule has 4 rings (SSSR count). The van der Waals surface area contributed by atoms with E-state index in [1.807, 2.05) is 42.5 Å². The van der Waals surface area contributed by atoms with Gasteiger partial charge in [0.05, 0.1) is 17.1 Å². The van der Waals surface area contributed by atoms with Gasteiger partial charge in [0.15, 0.2) is 0 Å². The van der Waals surface area contributed by atoms with Crippen LogP contribution in [-0.2, 0) is 6.61 Å². The molecule has 5 nitrogen and oxygen atoms in total. The zero-order valence-electron chi connectivity index (χ0n) is 17.0. The molecule has 1 heterocycles. The number of rotatable bonds is 5. The van der Waals surface area contributed by atoms with Gasteiger partial charge in [0.2, 0.25) is 0 Å². The molecule has 3 aromatic carbocycles. The number of hydrogen-bond acceptors (Lipinski definition) is 4. The van der Waals surface area contributed by atoms with Crippen molar-refractivity contribution < 1.29 is 4.74 Å². The Kier molecular flexibility index (Phi) is 6.34. The Morgan fingerprint density at radius 1 is 1.00 bits per heavy atom. The molecule has 0 bridgehead atoms. The van der Waals surface area contributed by atoms with Gasteiger partial charge < -0.3 is 4.74 Å². The van der Waals surface area contributed by atoms with E-state index in [0.717, 1.165) is 20.1 Å². The molecular formula is C24H19Br2N3O2. The lowest BCUT2D eigenvalue weighted by Gasteiger charge is -2.10. The molecule has 31 heavy (non-hydrogen) atoms. The lowest BCUT2D eigenvalue weighted by atomic mass is 10.1. The summed E-state index contributed by atoms with van der Waals surface area (Å²) >= 11 is 6.90. The van der Waals surface area contributed by atoms with Crippen molar-refractivity contribution in [3.05, 3.63) is 102 Å². The fourth-order valence-corrected chi connectivity index (χ4v) is 3.85. The van der Waals surface area contributed by atoms with Gasteiger partial charge in [-0.15, -0.1) is 0 Å². The number of aryl methyl sites for hydroxylation is 2.